The molecule has 0 radical (unpaired) electrons. The zero-order valence-corrected chi connectivity index (χ0v) is 9.66. The maximum Gasteiger partial charge on any atom is 0.312 e. The lowest BCUT2D eigenvalue weighted by atomic mass is 9.95. The highest BCUT2D eigenvalue weighted by Crippen LogP contribution is 2.34. The Morgan fingerprint density at radius 1 is 1.56 bits per heavy atom. The van der Waals surface area contributed by atoms with Crippen LogP contribution in [0.25, 0.3) is 0 Å². The van der Waals surface area contributed by atoms with Crippen LogP contribution in [0.4, 0.5) is 0 Å². The van der Waals surface area contributed by atoms with Crippen molar-refractivity contribution in [3.8, 4) is 5.75 Å². The van der Waals surface area contributed by atoms with Gasteiger partial charge in [0.25, 0.3) is 0 Å². The summed E-state index contributed by atoms with van der Waals surface area (Å²) in [5.41, 5.74) is 6.53. The first-order valence-corrected chi connectivity index (χ1v) is 5.33. The molecule has 0 spiro atoms. The number of carboxylic acids is 1. The van der Waals surface area contributed by atoms with Crippen LogP contribution < -0.4 is 5.73 Å². The quantitative estimate of drug-likeness (QED) is 0.752. The topological polar surface area (TPSA) is 83.5 Å². The van der Waals surface area contributed by atoms with Crippen molar-refractivity contribution in [1.82, 2.24) is 0 Å². The second kappa shape index (κ2) is 5.18. The normalized spacial score (nSPS) is 12.4. The standard InChI is InChI=1S/C11H14ClNO3/c1-2-6-3-7(8(5-13)11(15)16)10(14)9(12)4-6/h3-4,8,14H,2,5,13H2,1H3,(H,15,16). The van der Waals surface area contributed by atoms with Crippen molar-refractivity contribution < 1.29 is 15.0 Å². The molecule has 1 rings (SSSR count). The molecular formula is C11H14ClNO3. The summed E-state index contributed by atoms with van der Waals surface area (Å²) in [7, 11) is 0. The van der Waals surface area contributed by atoms with Crippen LogP contribution in [0, 0.1) is 0 Å². The number of hydrogen-bond acceptors (Lipinski definition) is 3. The summed E-state index contributed by atoms with van der Waals surface area (Å²) in [6.45, 7) is 1.84. The fourth-order valence-corrected chi connectivity index (χ4v) is 1.76. The van der Waals surface area contributed by atoms with Gasteiger partial charge in [-0.05, 0) is 18.1 Å². The largest absolute Gasteiger partial charge is 0.506 e. The van der Waals surface area contributed by atoms with Gasteiger partial charge in [-0.1, -0.05) is 24.6 Å². The highest BCUT2D eigenvalue weighted by Gasteiger charge is 2.23. The molecule has 0 saturated heterocycles. The Kier molecular flexibility index (Phi) is 4.15. The van der Waals surface area contributed by atoms with Gasteiger partial charge in [-0.2, -0.15) is 0 Å². The number of aromatic hydroxyl groups is 1. The van der Waals surface area contributed by atoms with Gasteiger partial charge in [-0.25, -0.2) is 0 Å². The molecular weight excluding hydrogens is 230 g/mol. The first-order chi connectivity index (χ1) is 7.51. The second-order valence-corrected chi connectivity index (χ2v) is 3.90. The van der Waals surface area contributed by atoms with E-state index < -0.39 is 11.9 Å². The average molecular weight is 244 g/mol. The van der Waals surface area contributed by atoms with E-state index in [2.05, 4.69) is 0 Å². The minimum atomic E-state index is -1.07. The Morgan fingerprint density at radius 2 is 2.19 bits per heavy atom. The molecule has 4 N–H and O–H groups in total. The number of hydrogen-bond donors (Lipinski definition) is 3. The van der Waals surface area contributed by atoms with Crippen molar-refractivity contribution in [2.45, 2.75) is 19.3 Å². The summed E-state index contributed by atoms with van der Waals surface area (Å²) < 4.78 is 0. The van der Waals surface area contributed by atoms with Crippen molar-refractivity contribution in [3.05, 3.63) is 28.3 Å². The SMILES string of the molecule is CCc1cc(Cl)c(O)c(C(CN)C(=O)O)c1. The molecule has 88 valence electrons. The summed E-state index contributed by atoms with van der Waals surface area (Å²) in [4.78, 5) is 11.0. The first kappa shape index (κ1) is 12.8. The molecule has 0 fully saturated rings. The van der Waals surface area contributed by atoms with Gasteiger partial charge in [0.1, 0.15) is 5.75 Å². The van der Waals surface area contributed by atoms with Crippen molar-refractivity contribution in [1.29, 1.82) is 0 Å². The van der Waals surface area contributed by atoms with E-state index >= 15 is 0 Å². The Hall–Kier alpha value is -1.26. The van der Waals surface area contributed by atoms with Crippen molar-refractivity contribution in [2.24, 2.45) is 5.73 Å². The van der Waals surface area contributed by atoms with Crippen LogP contribution in [0.5, 0.6) is 5.75 Å². The molecule has 0 amide bonds. The number of phenols is 1. The summed E-state index contributed by atoms with van der Waals surface area (Å²) in [5, 5.41) is 18.8. The monoisotopic (exact) mass is 243 g/mol. The summed E-state index contributed by atoms with van der Waals surface area (Å²) in [6.07, 6.45) is 0.712. The van der Waals surface area contributed by atoms with E-state index in [0.29, 0.717) is 6.42 Å². The molecule has 0 aliphatic rings. The molecule has 16 heavy (non-hydrogen) atoms. The van der Waals surface area contributed by atoms with E-state index in [1.54, 1.807) is 12.1 Å². The number of nitrogens with two attached hydrogens (primary N) is 1. The fraction of sp³-hybridized carbons (Fsp3) is 0.364. The van der Waals surface area contributed by atoms with E-state index in [1.807, 2.05) is 6.92 Å². The predicted octanol–water partition coefficient (Wildman–Crippen LogP) is 1.73. The van der Waals surface area contributed by atoms with Gasteiger partial charge in [-0.15, -0.1) is 0 Å². The maximum absolute atomic E-state index is 11.0. The second-order valence-electron chi connectivity index (χ2n) is 3.50. The Bertz CT molecular complexity index is 406. The predicted molar refractivity (Wildman–Crippen MR) is 61.9 cm³/mol. The lowest BCUT2D eigenvalue weighted by Gasteiger charge is -2.14. The van der Waals surface area contributed by atoms with Crippen LogP contribution in [0.1, 0.15) is 24.0 Å². The third-order valence-corrected chi connectivity index (χ3v) is 2.76. The first-order valence-electron chi connectivity index (χ1n) is 4.95. The number of phenolic OH excluding ortho intramolecular Hbond substituents is 1. The van der Waals surface area contributed by atoms with Gasteiger partial charge in [0.2, 0.25) is 0 Å². The number of carboxylic acid groups (broad SMARTS) is 1. The molecule has 1 atom stereocenters. The van der Waals surface area contributed by atoms with E-state index in [1.165, 1.54) is 0 Å². The van der Waals surface area contributed by atoms with Gasteiger partial charge in [0.15, 0.2) is 0 Å². The highest BCUT2D eigenvalue weighted by molar-refractivity contribution is 6.32. The van der Waals surface area contributed by atoms with E-state index in [-0.39, 0.29) is 22.9 Å². The summed E-state index contributed by atoms with van der Waals surface area (Å²) >= 11 is 5.82. The van der Waals surface area contributed by atoms with E-state index in [4.69, 9.17) is 22.4 Å². The van der Waals surface area contributed by atoms with Gasteiger partial charge >= 0.3 is 5.97 Å². The van der Waals surface area contributed by atoms with E-state index in [9.17, 15) is 9.90 Å². The highest BCUT2D eigenvalue weighted by atomic mass is 35.5. The van der Waals surface area contributed by atoms with Crippen LogP contribution in [0.2, 0.25) is 5.02 Å². The molecule has 5 heteroatoms. The third-order valence-electron chi connectivity index (χ3n) is 2.47. The van der Waals surface area contributed by atoms with Gasteiger partial charge < -0.3 is 15.9 Å². The number of halogens is 1. The van der Waals surface area contributed by atoms with Crippen LogP contribution in [0.3, 0.4) is 0 Å². The lowest BCUT2D eigenvalue weighted by Crippen LogP contribution is -2.21. The van der Waals surface area contributed by atoms with Gasteiger partial charge in [0, 0.05) is 12.1 Å². The number of benzene rings is 1. The molecule has 0 aliphatic heterocycles. The van der Waals surface area contributed by atoms with Crippen molar-refractivity contribution >= 4 is 17.6 Å². The molecule has 1 aromatic rings. The molecule has 0 heterocycles. The van der Waals surface area contributed by atoms with E-state index in [0.717, 1.165) is 5.56 Å². The number of carbonyl (C=O) groups is 1. The minimum Gasteiger partial charge on any atom is -0.506 e. The molecule has 0 aromatic heterocycles. The molecule has 0 bridgehead atoms. The van der Waals surface area contributed by atoms with Crippen LogP contribution >= 0.6 is 11.6 Å². The molecule has 0 aliphatic carbocycles. The number of aliphatic carboxylic acids is 1. The minimum absolute atomic E-state index is 0.0770. The third kappa shape index (κ3) is 2.46. The van der Waals surface area contributed by atoms with Crippen LogP contribution in [0.15, 0.2) is 12.1 Å². The van der Waals surface area contributed by atoms with Crippen molar-refractivity contribution in [3.63, 3.8) is 0 Å². The van der Waals surface area contributed by atoms with Crippen LogP contribution in [-0.4, -0.2) is 22.7 Å². The molecule has 4 nitrogen and oxygen atoms in total. The average Bonchev–Trinajstić information content (AvgIpc) is 2.24. The summed E-state index contributed by atoms with van der Waals surface area (Å²) in [6, 6.07) is 3.25. The summed E-state index contributed by atoms with van der Waals surface area (Å²) in [5.74, 6) is -2.19. The van der Waals surface area contributed by atoms with Crippen molar-refractivity contribution in [2.75, 3.05) is 6.54 Å². The fourth-order valence-electron chi connectivity index (χ4n) is 1.51. The zero-order chi connectivity index (χ0) is 12.3. The van der Waals surface area contributed by atoms with Gasteiger partial charge in [-0.3, -0.25) is 4.79 Å². The van der Waals surface area contributed by atoms with Gasteiger partial charge in [0.05, 0.1) is 10.9 Å². The number of aryl methyl sites for hydroxylation is 1. The Morgan fingerprint density at radius 3 is 2.62 bits per heavy atom. The Balaban J connectivity index is 3.30. The maximum atomic E-state index is 11.0. The zero-order valence-electron chi connectivity index (χ0n) is 8.90. The van der Waals surface area contributed by atoms with Crippen LogP contribution in [-0.2, 0) is 11.2 Å². The lowest BCUT2D eigenvalue weighted by molar-refractivity contribution is -0.138. The smallest absolute Gasteiger partial charge is 0.312 e. The Labute approximate surface area is 98.6 Å². The molecule has 1 aromatic carbocycles. The molecule has 0 saturated carbocycles. The molecule has 1 unspecified atom stereocenters. The number of rotatable bonds is 4.